The SMILES string of the molecule is CCC(=O)c1ccccc1NC(=O)C(CCSC)N1C(=O)c2ccccc2C1=O. The number of Topliss-reactive ketones (excluding diaryl/α,β-unsaturated/α-hetero) is 1. The van der Waals surface area contributed by atoms with E-state index in [1.165, 1.54) is 11.8 Å². The molecule has 1 unspecified atom stereocenters. The molecule has 3 amide bonds. The van der Waals surface area contributed by atoms with E-state index in [9.17, 15) is 19.2 Å². The Morgan fingerprint density at radius 3 is 2.17 bits per heavy atom. The zero-order valence-electron chi connectivity index (χ0n) is 16.3. The lowest BCUT2D eigenvalue weighted by Crippen LogP contribution is -2.47. The van der Waals surface area contributed by atoms with Gasteiger partial charge in [0.25, 0.3) is 11.8 Å². The van der Waals surface area contributed by atoms with E-state index in [2.05, 4.69) is 5.32 Å². The van der Waals surface area contributed by atoms with Crippen LogP contribution in [0.25, 0.3) is 0 Å². The topological polar surface area (TPSA) is 83.6 Å². The number of thioether (sulfide) groups is 1. The standard InChI is InChI=1S/C22H22N2O4S/c1-3-19(25)16-10-6-7-11-17(16)23-20(26)18(12-13-29-2)24-21(27)14-8-4-5-9-15(14)22(24)28/h4-11,18H,3,12-13H2,1-2H3,(H,23,26). The van der Waals surface area contributed by atoms with E-state index >= 15 is 0 Å². The molecule has 6 nitrogen and oxygen atoms in total. The highest BCUT2D eigenvalue weighted by Crippen LogP contribution is 2.27. The Morgan fingerprint density at radius 1 is 1.00 bits per heavy atom. The summed E-state index contributed by atoms with van der Waals surface area (Å²) in [5.74, 6) is -0.914. The molecule has 150 valence electrons. The Bertz CT molecular complexity index is 938. The number of carbonyl (C=O) groups excluding carboxylic acids is 4. The minimum atomic E-state index is -0.959. The van der Waals surface area contributed by atoms with Crippen molar-refractivity contribution in [2.45, 2.75) is 25.8 Å². The fourth-order valence-corrected chi connectivity index (χ4v) is 3.80. The maximum Gasteiger partial charge on any atom is 0.262 e. The van der Waals surface area contributed by atoms with Crippen LogP contribution in [0, 0.1) is 0 Å². The van der Waals surface area contributed by atoms with Gasteiger partial charge in [-0.2, -0.15) is 11.8 Å². The molecule has 2 aromatic carbocycles. The van der Waals surface area contributed by atoms with Crippen molar-refractivity contribution >= 4 is 41.0 Å². The molecule has 1 aliphatic rings. The first-order valence-electron chi connectivity index (χ1n) is 9.38. The summed E-state index contributed by atoms with van der Waals surface area (Å²) in [6.07, 6.45) is 2.52. The molecule has 0 saturated carbocycles. The van der Waals surface area contributed by atoms with Gasteiger partial charge in [-0.3, -0.25) is 24.1 Å². The van der Waals surface area contributed by atoms with Gasteiger partial charge in [0.2, 0.25) is 5.91 Å². The molecule has 0 aromatic heterocycles. The normalized spacial score (nSPS) is 13.9. The van der Waals surface area contributed by atoms with E-state index in [1.807, 2.05) is 6.26 Å². The third-order valence-electron chi connectivity index (χ3n) is 4.84. The molecule has 0 radical (unpaired) electrons. The van der Waals surface area contributed by atoms with Crippen LogP contribution in [0.1, 0.15) is 50.8 Å². The van der Waals surface area contributed by atoms with Crippen molar-refractivity contribution in [1.82, 2.24) is 4.90 Å². The molecule has 1 heterocycles. The Balaban J connectivity index is 1.91. The number of imide groups is 1. The molecule has 1 atom stereocenters. The Morgan fingerprint density at radius 2 is 1.59 bits per heavy atom. The molecule has 7 heteroatoms. The summed E-state index contributed by atoms with van der Waals surface area (Å²) in [4.78, 5) is 52.1. The van der Waals surface area contributed by atoms with Gasteiger partial charge in [-0.05, 0) is 42.7 Å². The summed E-state index contributed by atoms with van der Waals surface area (Å²) in [7, 11) is 0. The number of anilines is 1. The maximum atomic E-state index is 13.1. The number of fused-ring (bicyclic) bond motifs is 1. The van der Waals surface area contributed by atoms with E-state index in [0.717, 1.165) is 4.90 Å². The highest BCUT2D eigenvalue weighted by atomic mass is 32.2. The van der Waals surface area contributed by atoms with Crippen molar-refractivity contribution in [3.8, 4) is 0 Å². The zero-order chi connectivity index (χ0) is 21.0. The Hall–Kier alpha value is -2.93. The van der Waals surface area contributed by atoms with Gasteiger partial charge in [-0.15, -0.1) is 0 Å². The third kappa shape index (κ3) is 4.10. The number of carbonyl (C=O) groups is 4. The summed E-state index contributed by atoms with van der Waals surface area (Å²) in [5, 5.41) is 2.76. The molecule has 1 N–H and O–H groups in total. The number of nitrogens with one attached hydrogen (secondary N) is 1. The molecule has 0 fully saturated rings. The van der Waals surface area contributed by atoms with Gasteiger partial charge in [0.15, 0.2) is 5.78 Å². The lowest BCUT2D eigenvalue weighted by atomic mass is 10.1. The van der Waals surface area contributed by atoms with E-state index in [4.69, 9.17) is 0 Å². The van der Waals surface area contributed by atoms with Gasteiger partial charge >= 0.3 is 0 Å². The van der Waals surface area contributed by atoms with Crippen molar-refractivity contribution in [1.29, 1.82) is 0 Å². The number of rotatable bonds is 8. The molecule has 0 saturated heterocycles. The molecular formula is C22H22N2O4S. The van der Waals surface area contributed by atoms with E-state index in [0.29, 0.717) is 41.0 Å². The minimum Gasteiger partial charge on any atom is -0.324 e. The second-order valence-corrected chi connectivity index (χ2v) is 7.62. The van der Waals surface area contributed by atoms with Crippen molar-refractivity contribution in [2.24, 2.45) is 0 Å². The van der Waals surface area contributed by atoms with Gasteiger partial charge in [-0.1, -0.05) is 31.2 Å². The predicted octanol–water partition coefficient (Wildman–Crippen LogP) is 3.64. The minimum absolute atomic E-state index is 0.0951. The average Bonchev–Trinajstić information content (AvgIpc) is 2.99. The molecule has 2 aromatic rings. The van der Waals surface area contributed by atoms with Crippen LogP contribution in [0.4, 0.5) is 5.69 Å². The summed E-state index contributed by atoms with van der Waals surface area (Å²) < 4.78 is 0. The molecule has 0 bridgehead atoms. The van der Waals surface area contributed by atoms with Gasteiger partial charge in [0, 0.05) is 12.0 Å². The van der Waals surface area contributed by atoms with E-state index in [-0.39, 0.29) is 5.78 Å². The molecule has 29 heavy (non-hydrogen) atoms. The maximum absolute atomic E-state index is 13.1. The lowest BCUT2D eigenvalue weighted by molar-refractivity contribution is -0.120. The zero-order valence-corrected chi connectivity index (χ0v) is 17.1. The van der Waals surface area contributed by atoms with Crippen LogP contribution < -0.4 is 5.32 Å². The van der Waals surface area contributed by atoms with Gasteiger partial charge in [-0.25, -0.2) is 0 Å². The van der Waals surface area contributed by atoms with Gasteiger partial charge < -0.3 is 5.32 Å². The van der Waals surface area contributed by atoms with Crippen molar-refractivity contribution in [3.63, 3.8) is 0 Å². The number of para-hydroxylation sites is 1. The Kier molecular flexibility index (Phi) is 6.49. The predicted molar refractivity (Wildman–Crippen MR) is 113 cm³/mol. The number of nitrogens with zero attached hydrogens (tertiary/aromatic N) is 1. The lowest BCUT2D eigenvalue weighted by Gasteiger charge is -2.25. The largest absolute Gasteiger partial charge is 0.324 e. The number of amides is 3. The molecule has 0 aliphatic carbocycles. The fraction of sp³-hybridized carbons (Fsp3) is 0.273. The number of benzene rings is 2. The molecular weight excluding hydrogens is 388 g/mol. The summed E-state index contributed by atoms with van der Waals surface area (Å²) in [5.41, 5.74) is 1.41. The molecule has 0 spiro atoms. The number of ketones is 1. The van der Waals surface area contributed by atoms with Crippen LogP contribution in [0.5, 0.6) is 0 Å². The van der Waals surface area contributed by atoms with Crippen molar-refractivity contribution in [2.75, 3.05) is 17.3 Å². The highest BCUT2D eigenvalue weighted by molar-refractivity contribution is 7.98. The Labute approximate surface area is 173 Å². The van der Waals surface area contributed by atoms with Crippen LogP contribution in [0.3, 0.4) is 0 Å². The average molecular weight is 410 g/mol. The fourth-order valence-electron chi connectivity index (χ4n) is 3.34. The monoisotopic (exact) mass is 410 g/mol. The molecule has 1 aliphatic heterocycles. The first kappa shape index (κ1) is 20.8. The van der Waals surface area contributed by atoms with Crippen LogP contribution in [-0.4, -0.2) is 46.5 Å². The van der Waals surface area contributed by atoms with Gasteiger partial charge in [0.05, 0.1) is 16.8 Å². The number of hydrogen-bond donors (Lipinski definition) is 1. The van der Waals surface area contributed by atoms with Crippen LogP contribution in [0.15, 0.2) is 48.5 Å². The van der Waals surface area contributed by atoms with Crippen LogP contribution >= 0.6 is 11.8 Å². The van der Waals surface area contributed by atoms with E-state index in [1.54, 1.807) is 55.5 Å². The summed E-state index contributed by atoms with van der Waals surface area (Å²) >= 11 is 1.53. The van der Waals surface area contributed by atoms with Gasteiger partial charge in [0.1, 0.15) is 6.04 Å². The highest BCUT2D eigenvalue weighted by Gasteiger charge is 2.42. The summed E-state index contributed by atoms with van der Waals surface area (Å²) in [6.45, 7) is 1.75. The second kappa shape index (κ2) is 9.05. The number of hydrogen-bond acceptors (Lipinski definition) is 5. The molecule has 3 rings (SSSR count). The van der Waals surface area contributed by atoms with Crippen LogP contribution in [-0.2, 0) is 4.79 Å². The first-order chi connectivity index (χ1) is 14.0. The second-order valence-electron chi connectivity index (χ2n) is 6.63. The third-order valence-corrected chi connectivity index (χ3v) is 5.49. The van der Waals surface area contributed by atoms with Crippen molar-refractivity contribution < 1.29 is 19.2 Å². The smallest absolute Gasteiger partial charge is 0.262 e. The van der Waals surface area contributed by atoms with Crippen LogP contribution in [0.2, 0.25) is 0 Å². The van der Waals surface area contributed by atoms with Crippen molar-refractivity contribution in [3.05, 3.63) is 65.2 Å². The van der Waals surface area contributed by atoms with E-state index < -0.39 is 23.8 Å². The summed E-state index contributed by atoms with van der Waals surface area (Å²) in [6, 6.07) is 12.4. The quantitative estimate of drug-likeness (QED) is 0.531. The first-order valence-corrected chi connectivity index (χ1v) is 10.8.